The Labute approximate surface area is 246 Å². The lowest BCUT2D eigenvalue weighted by atomic mass is 10.1. The molecule has 0 bridgehead atoms. The molecule has 2 amide bonds. The molecule has 41 heavy (non-hydrogen) atoms. The van der Waals surface area contributed by atoms with Crippen LogP contribution in [0.2, 0.25) is 5.02 Å². The van der Waals surface area contributed by atoms with E-state index in [9.17, 15) is 22.4 Å². The maximum atomic E-state index is 14.6. The first-order chi connectivity index (χ1) is 19.5. The number of carbonyl (C=O) groups excluding carboxylic acids is 2. The van der Waals surface area contributed by atoms with Gasteiger partial charge in [0.1, 0.15) is 24.2 Å². The zero-order valence-electron chi connectivity index (χ0n) is 23.6. The molecule has 0 radical (unpaired) electrons. The minimum absolute atomic E-state index is 0.0335. The number of sulfonamides is 1. The molecule has 1 atom stereocenters. The predicted octanol–water partition coefficient (Wildman–Crippen LogP) is 5.33. The number of benzene rings is 3. The van der Waals surface area contributed by atoms with Gasteiger partial charge in [0.25, 0.3) is 10.0 Å². The van der Waals surface area contributed by atoms with Crippen LogP contribution in [0, 0.1) is 12.7 Å². The van der Waals surface area contributed by atoms with E-state index in [0.29, 0.717) is 12.3 Å². The summed E-state index contributed by atoms with van der Waals surface area (Å²) in [5.74, 6) is -1.35. The number of nitrogens with zero attached hydrogens (tertiary/aromatic N) is 2. The van der Waals surface area contributed by atoms with Crippen molar-refractivity contribution in [1.29, 1.82) is 0 Å². The van der Waals surface area contributed by atoms with Crippen LogP contribution in [0.15, 0.2) is 71.6 Å². The van der Waals surface area contributed by atoms with Crippen molar-refractivity contribution in [3.8, 4) is 5.75 Å². The number of rotatable bonds is 13. The molecular weight excluding hydrogens is 569 g/mol. The third-order valence-electron chi connectivity index (χ3n) is 6.61. The number of anilines is 1. The van der Waals surface area contributed by atoms with Gasteiger partial charge in [0.15, 0.2) is 0 Å². The third kappa shape index (κ3) is 7.98. The molecule has 0 aliphatic carbocycles. The summed E-state index contributed by atoms with van der Waals surface area (Å²) >= 11 is 6.33. The summed E-state index contributed by atoms with van der Waals surface area (Å²) in [6.07, 6.45) is 1.61. The lowest BCUT2D eigenvalue weighted by molar-refractivity contribution is -0.139. The molecule has 220 valence electrons. The highest BCUT2D eigenvalue weighted by Crippen LogP contribution is 2.32. The Morgan fingerprint density at radius 1 is 1.07 bits per heavy atom. The number of hydrogen-bond donors (Lipinski definition) is 1. The smallest absolute Gasteiger partial charge is 0.264 e. The Morgan fingerprint density at radius 3 is 2.37 bits per heavy atom. The molecule has 3 aromatic rings. The van der Waals surface area contributed by atoms with Crippen LogP contribution in [-0.2, 0) is 26.2 Å². The zero-order chi connectivity index (χ0) is 30.2. The van der Waals surface area contributed by atoms with E-state index in [-0.39, 0.29) is 27.7 Å². The van der Waals surface area contributed by atoms with Crippen LogP contribution in [0.3, 0.4) is 0 Å². The van der Waals surface area contributed by atoms with Crippen molar-refractivity contribution in [2.24, 2.45) is 0 Å². The standard InChI is InChI=1S/C30H35ClFN3O5S/c1-5-6-17-33-30(37)22(3)34(19-23-9-7-8-10-27(23)32)29(36)20-35(24-13-16-28(40-4)26(31)18-24)41(38,39)25-14-11-21(2)12-15-25/h7-16,18,22H,5-6,17,19-20H2,1-4H3,(H,33,37)/t22-/m0/s1. The van der Waals surface area contributed by atoms with E-state index in [1.807, 2.05) is 13.8 Å². The van der Waals surface area contributed by atoms with Gasteiger partial charge in [0, 0.05) is 18.7 Å². The SMILES string of the molecule is CCCCNC(=O)[C@H](C)N(Cc1ccccc1F)C(=O)CN(c1ccc(OC)c(Cl)c1)S(=O)(=O)c1ccc(C)cc1. The third-order valence-corrected chi connectivity index (χ3v) is 8.69. The quantitative estimate of drug-likeness (QED) is 0.267. The summed E-state index contributed by atoms with van der Waals surface area (Å²) in [6.45, 7) is 4.85. The van der Waals surface area contributed by atoms with Crippen molar-refractivity contribution in [2.75, 3.05) is 24.5 Å². The summed E-state index contributed by atoms with van der Waals surface area (Å²) in [4.78, 5) is 28.1. The molecular formula is C30H35ClFN3O5S. The van der Waals surface area contributed by atoms with Crippen molar-refractivity contribution in [1.82, 2.24) is 10.2 Å². The van der Waals surface area contributed by atoms with Crippen molar-refractivity contribution >= 4 is 39.1 Å². The summed E-state index contributed by atoms with van der Waals surface area (Å²) in [6, 6.07) is 15.5. The molecule has 0 aliphatic heterocycles. The van der Waals surface area contributed by atoms with Gasteiger partial charge < -0.3 is 15.0 Å². The molecule has 0 saturated carbocycles. The van der Waals surface area contributed by atoms with Crippen molar-refractivity contribution in [2.45, 2.75) is 51.1 Å². The number of aryl methyl sites for hydroxylation is 1. The molecule has 11 heteroatoms. The first kappa shape index (κ1) is 31.9. The molecule has 0 aliphatic rings. The molecule has 3 aromatic carbocycles. The molecule has 0 heterocycles. The molecule has 0 fully saturated rings. The van der Waals surface area contributed by atoms with Gasteiger partial charge in [-0.2, -0.15) is 0 Å². The Kier molecular flexibility index (Phi) is 11.1. The lowest BCUT2D eigenvalue weighted by Crippen LogP contribution is -2.51. The van der Waals surface area contributed by atoms with Crippen molar-refractivity contribution in [3.63, 3.8) is 0 Å². The number of methoxy groups -OCH3 is 1. The van der Waals surface area contributed by atoms with E-state index >= 15 is 0 Å². The molecule has 8 nitrogen and oxygen atoms in total. The van der Waals surface area contributed by atoms with E-state index in [1.54, 1.807) is 18.2 Å². The zero-order valence-corrected chi connectivity index (χ0v) is 25.1. The lowest BCUT2D eigenvalue weighted by Gasteiger charge is -2.32. The number of nitrogens with one attached hydrogen (secondary N) is 1. The van der Waals surface area contributed by atoms with Crippen LogP contribution in [0.5, 0.6) is 5.75 Å². The Morgan fingerprint density at radius 2 is 1.76 bits per heavy atom. The summed E-state index contributed by atoms with van der Waals surface area (Å²) in [7, 11) is -2.84. The molecule has 0 spiro atoms. The highest BCUT2D eigenvalue weighted by molar-refractivity contribution is 7.92. The average molecular weight is 604 g/mol. The number of halogens is 2. The molecule has 3 rings (SSSR count). The fourth-order valence-electron chi connectivity index (χ4n) is 4.11. The van der Waals surface area contributed by atoms with Crippen LogP contribution >= 0.6 is 11.6 Å². The maximum Gasteiger partial charge on any atom is 0.264 e. The molecule has 1 N–H and O–H groups in total. The second kappa shape index (κ2) is 14.3. The maximum absolute atomic E-state index is 14.6. The van der Waals surface area contributed by atoms with Crippen LogP contribution in [-0.4, -0.2) is 51.4 Å². The van der Waals surface area contributed by atoms with Crippen LogP contribution in [0.4, 0.5) is 10.1 Å². The normalized spacial score (nSPS) is 12.0. The van der Waals surface area contributed by atoms with Crippen molar-refractivity contribution in [3.05, 3.63) is 88.7 Å². The van der Waals surface area contributed by atoms with Crippen LogP contribution in [0.25, 0.3) is 0 Å². The fraction of sp³-hybridized carbons (Fsp3) is 0.333. The highest BCUT2D eigenvalue weighted by atomic mass is 35.5. The Bertz CT molecular complexity index is 1470. The van der Waals surface area contributed by atoms with E-state index in [4.69, 9.17) is 16.3 Å². The van der Waals surface area contributed by atoms with E-state index < -0.39 is 40.2 Å². The number of hydrogen-bond acceptors (Lipinski definition) is 5. The second-order valence-electron chi connectivity index (χ2n) is 9.58. The van der Waals surface area contributed by atoms with Crippen molar-refractivity contribution < 1.29 is 27.1 Å². The number of unbranched alkanes of at least 4 members (excludes halogenated alkanes) is 1. The first-order valence-corrected chi connectivity index (χ1v) is 15.0. The molecule has 0 saturated heterocycles. The van der Waals surface area contributed by atoms with Gasteiger partial charge in [0.05, 0.1) is 22.7 Å². The first-order valence-electron chi connectivity index (χ1n) is 13.2. The van der Waals surface area contributed by atoms with E-state index in [0.717, 1.165) is 22.7 Å². The highest BCUT2D eigenvalue weighted by Gasteiger charge is 2.33. The minimum atomic E-state index is -4.27. The number of ether oxygens (including phenoxy) is 1. The molecule has 0 aromatic heterocycles. The van der Waals surface area contributed by atoms with E-state index in [2.05, 4.69) is 5.32 Å². The fourth-order valence-corrected chi connectivity index (χ4v) is 5.76. The van der Waals surface area contributed by atoms with Gasteiger partial charge in [0.2, 0.25) is 11.8 Å². The summed E-state index contributed by atoms with van der Waals surface area (Å²) < 4.78 is 48.6. The largest absolute Gasteiger partial charge is 0.495 e. The predicted molar refractivity (Wildman–Crippen MR) is 158 cm³/mol. The van der Waals surface area contributed by atoms with Gasteiger partial charge in [-0.1, -0.05) is 60.8 Å². The summed E-state index contributed by atoms with van der Waals surface area (Å²) in [5.41, 5.74) is 1.17. The van der Waals surface area contributed by atoms with Gasteiger partial charge in [-0.25, -0.2) is 12.8 Å². The molecule has 0 unspecified atom stereocenters. The topological polar surface area (TPSA) is 96.0 Å². The van der Waals surface area contributed by atoms with Crippen LogP contribution in [0.1, 0.15) is 37.8 Å². The Balaban J connectivity index is 2.05. The van der Waals surface area contributed by atoms with Gasteiger partial charge in [-0.3, -0.25) is 13.9 Å². The number of amides is 2. The second-order valence-corrected chi connectivity index (χ2v) is 11.8. The summed E-state index contributed by atoms with van der Waals surface area (Å²) in [5, 5.41) is 2.94. The van der Waals surface area contributed by atoms with Crippen LogP contribution < -0.4 is 14.4 Å². The van der Waals surface area contributed by atoms with Gasteiger partial charge in [-0.05, 0) is 56.7 Å². The monoisotopic (exact) mass is 603 g/mol. The van der Waals surface area contributed by atoms with Gasteiger partial charge in [-0.15, -0.1) is 0 Å². The van der Waals surface area contributed by atoms with Gasteiger partial charge >= 0.3 is 0 Å². The Hall–Kier alpha value is -3.63. The van der Waals surface area contributed by atoms with E-state index in [1.165, 1.54) is 67.5 Å². The number of carbonyl (C=O) groups is 2. The average Bonchev–Trinajstić information content (AvgIpc) is 2.95. The minimum Gasteiger partial charge on any atom is -0.495 e.